The summed E-state index contributed by atoms with van der Waals surface area (Å²) in [6.07, 6.45) is 9.46. The molecule has 2 amide bonds. The summed E-state index contributed by atoms with van der Waals surface area (Å²) in [6, 6.07) is 30.5. The summed E-state index contributed by atoms with van der Waals surface area (Å²) < 4.78 is -1.76. The zero-order valence-corrected chi connectivity index (χ0v) is 38.3. The molecule has 0 saturated carbocycles. The van der Waals surface area contributed by atoms with E-state index in [4.69, 9.17) is 17.0 Å². The molecule has 2 N–H and O–H groups in total. The first-order valence-electron chi connectivity index (χ1n) is 20.5. The van der Waals surface area contributed by atoms with Crippen molar-refractivity contribution < 1.29 is 25.8 Å². The molecule has 0 aromatic heterocycles. The second-order valence-electron chi connectivity index (χ2n) is 17.9. The van der Waals surface area contributed by atoms with Crippen LogP contribution in [0, 0.1) is 23.7 Å². The predicted molar refractivity (Wildman–Crippen MR) is 237 cm³/mol. The summed E-state index contributed by atoms with van der Waals surface area (Å²) in [5, 5.41) is 6.07. The predicted octanol–water partition coefficient (Wildman–Crippen LogP) is 12.6. The number of hydrogen-bond acceptors (Lipinski definition) is 2. The molecule has 0 radical (unpaired) electrons. The molecule has 0 bridgehead atoms. The number of hydrogen-bond donors (Lipinski definition) is 2. The molecule has 0 heterocycles. The summed E-state index contributed by atoms with van der Waals surface area (Å²) in [5.41, 5.74) is 14.1. The number of rotatable bonds is 17. The molecule has 2 aliphatic rings. The third-order valence-corrected chi connectivity index (χ3v) is 31.6. The second kappa shape index (κ2) is 17.4. The molecule has 56 heavy (non-hydrogen) atoms. The van der Waals surface area contributed by atoms with E-state index in [1.165, 1.54) is 33.4 Å². The Morgan fingerprint density at radius 2 is 0.893 bits per heavy atom. The monoisotopic (exact) mass is 865 g/mol. The van der Waals surface area contributed by atoms with Gasteiger partial charge in [-0.25, -0.2) is 0 Å². The Morgan fingerprint density at radius 1 is 0.536 bits per heavy atom. The normalized spacial score (nSPS) is 17.0. The molecule has 2 aliphatic carbocycles. The fourth-order valence-corrected chi connectivity index (χ4v) is 30.4. The van der Waals surface area contributed by atoms with E-state index in [0.717, 1.165) is 59.1 Å². The van der Waals surface area contributed by atoms with Crippen LogP contribution in [0.4, 0.5) is 0 Å². The van der Waals surface area contributed by atoms with Gasteiger partial charge in [0.05, 0.1) is 0 Å². The number of nitrogens with one attached hydrogen (secondary N) is 2. The fraction of sp³-hybridized carbons (Fsp3) is 0.375. The molecule has 0 fully saturated rings. The third kappa shape index (κ3) is 8.10. The average molecular weight is 868 g/mol. The topological polar surface area (TPSA) is 58.2 Å². The summed E-state index contributed by atoms with van der Waals surface area (Å²) in [7, 11) is 17.6. The molecule has 2 atom stereocenters. The van der Waals surface area contributed by atoms with E-state index < -0.39 is 27.9 Å². The zero-order valence-electron chi connectivity index (χ0n) is 34.3. The molecule has 6 rings (SSSR count). The van der Waals surface area contributed by atoms with Crippen LogP contribution in [0.1, 0.15) is 109 Å². The van der Waals surface area contributed by atoms with Gasteiger partial charge in [-0.1, -0.05) is 0 Å². The van der Waals surface area contributed by atoms with E-state index in [9.17, 15) is 9.59 Å². The van der Waals surface area contributed by atoms with Crippen LogP contribution in [0.2, 0.25) is 0 Å². The van der Waals surface area contributed by atoms with Crippen molar-refractivity contribution >= 4 is 46.5 Å². The van der Waals surface area contributed by atoms with E-state index >= 15 is 0 Å². The van der Waals surface area contributed by atoms with Gasteiger partial charge in [-0.15, -0.1) is 0 Å². The molecule has 4 aromatic carbocycles. The molecule has 0 spiro atoms. The van der Waals surface area contributed by atoms with Gasteiger partial charge in [-0.2, -0.15) is 0 Å². The Kier molecular flexibility index (Phi) is 13.2. The van der Waals surface area contributed by atoms with Gasteiger partial charge in [0, 0.05) is 0 Å². The Morgan fingerprint density at radius 3 is 1.25 bits per heavy atom. The van der Waals surface area contributed by atoms with Gasteiger partial charge >= 0.3 is 346 Å². The molecule has 8 heteroatoms. The van der Waals surface area contributed by atoms with Crippen LogP contribution in [0.3, 0.4) is 0 Å². The molecule has 2 unspecified atom stereocenters. The molecule has 0 saturated heterocycles. The van der Waals surface area contributed by atoms with Crippen molar-refractivity contribution in [2.75, 3.05) is 0 Å². The number of allylic oxidation sites excluding steroid dienone is 2. The van der Waals surface area contributed by atoms with Crippen LogP contribution in [-0.4, -0.2) is 17.3 Å². The first-order valence-corrected chi connectivity index (χ1v) is 31.1. The van der Waals surface area contributed by atoms with Crippen molar-refractivity contribution in [2.45, 2.75) is 88.3 Å². The van der Waals surface area contributed by atoms with Gasteiger partial charge in [0.15, 0.2) is 0 Å². The van der Waals surface area contributed by atoms with Crippen molar-refractivity contribution in [3.8, 4) is 22.3 Å². The van der Waals surface area contributed by atoms with Crippen LogP contribution < -0.4 is 10.5 Å². The average Bonchev–Trinajstić information content (AvgIpc) is 3.70. The van der Waals surface area contributed by atoms with E-state index in [2.05, 4.69) is 163 Å². The molecule has 293 valence electrons. The maximum absolute atomic E-state index is 12.7. The number of carbonyl (C=O) groups excluding carboxylic acids is 2. The zero-order chi connectivity index (χ0) is 40.4. The molecular formula is C48H58BCl2N2O2Zr. The van der Waals surface area contributed by atoms with Crippen LogP contribution in [0.15, 0.2) is 96.1 Å². The first-order chi connectivity index (χ1) is 26.7. The molecule has 4 aromatic rings. The van der Waals surface area contributed by atoms with Crippen molar-refractivity contribution in [1.29, 1.82) is 0 Å². The second-order valence-corrected chi connectivity index (χ2v) is 39.3. The maximum atomic E-state index is 12.7. The summed E-state index contributed by atoms with van der Waals surface area (Å²) in [5.74, 6) is 1.60. The van der Waals surface area contributed by atoms with E-state index in [1.807, 2.05) is 0 Å². The quantitative estimate of drug-likeness (QED) is 0.0820. The SMILES string of the molecule is CC(C)CC1=Cc2c(-c3ccccc3CC(C)C)cccc2[CH]1[Zr]([Cl])([Cl])([B](NC=O)NC=O)[CH]1C(CC(C)C)=Cc2c(-c3ccccc3CC(C)C)cccc21. The van der Waals surface area contributed by atoms with Gasteiger partial charge in [-0.05, 0) is 0 Å². The third-order valence-electron chi connectivity index (χ3n) is 11.6. The van der Waals surface area contributed by atoms with Crippen molar-refractivity contribution in [2.24, 2.45) is 23.7 Å². The van der Waals surface area contributed by atoms with Gasteiger partial charge < -0.3 is 0 Å². The Balaban J connectivity index is 1.68. The fourth-order valence-electron chi connectivity index (χ4n) is 9.80. The van der Waals surface area contributed by atoms with Crippen LogP contribution in [0.25, 0.3) is 34.4 Å². The number of fused-ring (bicyclic) bond motifs is 2. The minimum atomic E-state index is -5.94. The van der Waals surface area contributed by atoms with E-state index in [-0.39, 0.29) is 0 Å². The number of benzene rings is 4. The van der Waals surface area contributed by atoms with Crippen molar-refractivity contribution in [1.82, 2.24) is 10.5 Å². The Labute approximate surface area is 344 Å². The van der Waals surface area contributed by atoms with Crippen LogP contribution >= 0.6 is 17.0 Å². The standard InChI is InChI=1S/2C23H27.C2H3BN2O2.2ClH.Zr/c2*1-16(2)12-18-14-20-9-7-11-22(23(20)15-18)21-10-6-5-8-19(21)13-17(3)4;6-1-4-3-5-2-7;;;/h2*5-11,14-17H,12-13H2,1-4H3;1-2H,(H-,4,5,6,7);2*1H;/q;;;;;+1/p-1. The molecule has 4 nitrogen and oxygen atoms in total. The summed E-state index contributed by atoms with van der Waals surface area (Å²) in [6.45, 7) is 17.9. The van der Waals surface area contributed by atoms with Gasteiger partial charge in [0.25, 0.3) is 0 Å². The van der Waals surface area contributed by atoms with E-state index in [1.54, 1.807) is 0 Å². The summed E-state index contributed by atoms with van der Waals surface area (Å²) >= 11 is -5.94. The van der Waals surface area contributed by atoms with Gasteiger partial charge in [-0.3, -0.25) is 0 Å². The number of carbonyl (C=O) groups is 2. The van der Waals surface area contributed by atoms with Gasteiger partial charge in [0.1, 0.15) is 0 Å². The van der Waals surface area contributed by atoms with Crippen LogP contribution in [0.5, 0.6) is 0 Å². The number of halogens is 2. The van der Waals surface area contributed by atoms with Crippen LogP contribution in [-0.2, 0) is 38.6 Å². The Hall–Kier alpha value is -3.17. The Bertz CT molecular complexity index is 2010. The first kappa shape index (κ1) is 42.4. The van der Waals surface area contributed by atoms with Crippen molar-refractivity contribution in [3.05, 3.63) is 129 Å². The number of amides is 2. The molecule has 0 aliphatic heterocycles. The van der Waals surface area contributed by atoms with Crippen molar-refractivity contribution in [3.63, 3.8) is 0 Å². The minimum absolute atomic E-state index is 0.310. The van der Waals surface area contributed by atoms with Gasteiger partial charge in [0.2, 0.25) is 0 Å². The van der Waals surface area contributed by atoms with E-state index in [0.29, 0.717) is 36.5 Å². The summed E-state index contributed by atoms with van der Waals surface area (Å²) in [4.78, 5) is 25.3. The molecular weight excluding hydrogens is 809 g/mol.